The van der Waals surface area contributed by atoms with Crippen LogP contribution in [0.3, 0.4) is 0 Å². The van der Waals surface area contributed by atoms with E-state index in [0.717, 1.165) is 15.9 Å². The Labute approximate surface area is 177 Å². The van der Waals surface area contributed by atoms with Gasteiger partial charge < -0.3 is 10.1 Å². The van der Waals surface area contributed by atoms with Gasteiger partial charge >= 0.3 is 5.97 Å². The summed E-state index contributed by atoms with van der Waals surface area (Å²) in [6, 6.07) is 12.2. The van der Waals surface area contributed by atoms with Crippen LogP contribution in [0.4, 0.5) is 11.4 Å². The summed E-state index contributed by atoms with van der Waals surface area (Å²) >= 11 is 1.56. The lowest BCUT2D eigenvalue weighted by atomic mass is 10.1. The molecule has 2 aromatic heterocycles. The minimum atomic E-state index is -3.99. The lowest BCUT2D eigenvalue weighted by molar-refractivity contribution is -0.142. The number of carbonyl (C=O) groups excluding carboxylic acids is 1. The Balaban J connectivity index is 1.80. The molecule has 7 nitrogen and oxygen atoms in total. The third-order valence-electron chi connectivity index (χ3n) is 4.98. The van der Waals surface area contributed by atoms with Gasteiger partial charge in [0.05, 0.1) is 33.2 Å². The third kappa shape index (κ3) is 3.29. The lowest BCUT2D eigenvalue weighted by Gasteiger charge is -2.22. The molecular weight excluding hydrogens is 422 g/mol. The van der Waals surface area contributed by atoms with Gasteiger partial charge in [0, 0.05) is 23.0 Å². The van der Waals surface area contributed by atoms with E-state index >= 15 is 0 Å². The highest BCUT2D eigenvalue weighted by atomic mass is 32.2. The summed E-state index contributed by atoms with van der Waals surface area (Å²) in [5, 5.41) is 3.94. The number of fused-ring (bicyclic) bond motifs is 2. The van der Waals surface area contributed by atoms with E-state index in [0.29, 0.717) is 16.6 Å². The van der Waals surface area contributed by atoms with Crippen LogP contribution in [-0.4, -0.2) is 36.2 Å². The summed E-state index contributed by atoms with van der Waals surface area (Å²) in [4.78, 5) is 20.8. The molecular formula is C21H19N3O4S2. The molecule has 0 aliphatic rings. The number of hydrogen-bond acceptors (Lipinski definition) is 8. The van der Waals surface area contributed by atoms with E-state index < -0.39 is 20.6 Å². The normalized spacial score (nSPS) is 12.2. The molecule has 0 spiro atoms. The number of rotatable bonds is 5. The van der Waals surface area contributed by atoms with Crippen molar-refractivity contribution in [3.05, 3.63) is 54.2 Å². The first-order valence-electron chi connectivity index (χ1n) is 9.06. The predicted octanol–water partition coefficient (Wildman–Crippen LogP) is 4.31. The molecule has 154 valence electrons. The van der Waals surface area contributed by atoms with E-state index in [-0.39, 0.29) is 4.90 Å². The molecule has 0 saturated carbocycles. The number of benzene rings is 2. The SMILES string of the molecule is COC(=O)C(C)(C)S(=O)(=O)c1ccc2nccc(Nc3ccc4scnc4c3)c2c1. The average Bonchev–Trinajstić information content (AvgIpc) is 3.20. The molecule has 0 atom stereocenters. The van der Waals surface area contributed by atoms with Crippen molar-refractivity contribution in [2.45, 2.75) is 23.5 Å². The second-order valence-corrected chi connectivity index (χ2v) is 10.6. The van der Waals surface area contributed by atoms with Gasteiger partial charge in [-0.15, -0.1) is 11.3 Å². The van der Waals surface area contributed by atoms with E-state index in [1.807, 2.05) is 18.2 Å². The molecule has 0 radical (unpaired) electrons. The van der Waals surface area contributed by atoms with Crippen molar-refractivity contribution in [3.8, 4) is 0 Å². The van der Waals surface area contributed by atoms with E-state index in [9.17, 15) is 13.2 Å². The largest absolute Gasteiger partial charge is 0.468 e. The van der Waals surface area contributed by atoms with Gasteiger partial charge in [-0.1, -0.05) is 0 Å². The first kappa shape index (κ1) is 20.2. The maximum absolute atomic E-state index is 13.1. The van der Waals surface area contributed by atoms with Gasteiger partial charge in [0.15, 0.2) is 14.6 Å². The Kier molecular flexibility index (Phi) is 4.95. The number of aromatic nitrogens is 2. The number of carbonyl (C=O) groups is 1. The highest BCUT2D eigenvalue weighted by Crippen LogP contribution is 2.32. The fourth-order valence-electron chi connectivity index (χ4n) is 3.14. The van der Waals surface area contributed by atoms with Crippen LogP contribution >= 0.6 is 11.3 Å². The quantitative estimate of drug-likeness (QED) is 0.461. The minimum absolute atomic E-state index is 0.0244. The molecule has 0 unspecified atom stereocenters. The van der Waals surface area contributed by atoms with E-state index in [4.69, 9.17) is 4.74 Å². The molecule has 30 heavy (non-hydrogen) atoms. The van der Waals surface area contributed by atoms with Crippen LogP contribution in [0.25, 0.3) is 21.1 Å². The number of thiazole rings is 1. The number of pyridine rings is 1. The van der Waals surface area contributed by atoms with Gasteiger partial charge in [-0.2, -0.15) is 0 Å². The maximum atomic E-state index is 13.1. The number of ether oxygens (including phenoxy) is 1. The fraction of sp³-hybridized carbons (Fsp3) is 0.190. The van der Waals surface area contributed by atoms with Crippen LogP contribution in [0.15, 0.2) is 59.1 Å². The van der Waals surface area contributed by atoms with Crippen LogP contribution in [0.5, 0.6) is 0 Å². The van der Waals surface area contributed by atoms with Gasteiger partial charge in [-0.25, -0.2) is 13.4 Å². The summed E-state index contributed by atoms with van der Waals surface area (Å²) in [6.07, 6.45) is 1.65. The van der Waals surface area contributed by atoms with Gasteiger partial charge in [0.1, 0.15) is 0 Å². The fourth-order valence-corrected chi connectivity index (χ4v) is 5.21. The zero-order valence-corrected chi connectivity index (χ0v) is 18.2. The van der Waals surface area contributed by atoms with E-state index in [1.54, 1.807) is 35.2 Å². The minimum Gasteiger partial charge on any atom is -0.468 e. The highest BCUT2D eigenvalue weighted by molar-refractivity contribution is 7.93. The molecule has 1 N–H and O–H groups in total. The predicted molar refractivity (Wildman–Crippen MR) is 118 cm³/mol. The molecule has 0 amide bonds. The van der Waals surface area contributed by atoms with E-state index in [1.165, 1.54) is 33.1 Å². The monoisotopic (exact) mass is 441 g/mol. The Morgan fingerprint density at radius 2 is 1.87 bits per heavy atom. The van der Waals surface area contributed by atoms with Crippen LogP contribution < -0.4 is 5.32 Å². The molecule has 0 aliphatic heterocycles. The van der Waals surface area contributed by atoms with Crippen molar-refractivity contribution < 1.29 is 17.9 Å². The number of nitrogens with zero attached hydrogens (tertiary/aromatic N) is 2. The Morgan fingerprint density at radius 1 is 1.07 bits per heavy atom. The summed E-state index contributed by atoms with van der Waals surface area (Å²) in [5.74, 6) is -0.816. The van der Waals surface area contributed by atoms with Gasteiger partial charge in [-0.05, 0) is 56.3 Å². The van der Waals surface area contributed by atoms with Crippen molar-refractivity contribution in [1.29, 1.82) is 0 Å². The maximum Gasteiger partial charge on any atom is 0.327 e. The molecule has 9 heteroatoms. The molecule has 4 rings (SSSR count). The number of methoxy groups -OCH3 is 1. The first-order chi connectivity index (χ1) is 14.2. The Bertz CT molecular complexity index is 1380. The van der Waals surface area contributed by atoms with Crippen molar-refractivity contribution in [3.63, 3.8) is 0 Å². The summed E-state index contributed by atoms with van der Waals surface area (Å²) in [7, 11) is -2.82. The summed E-state index contributed by atoms with van der Waals surface area (Å²) in [5.41, 5.74) is 4.82. The topological polar surface area (TPSA) is 98.3 Å². The molecule has 0 saturated heterocycles. The lowest BCUT2D eigenvalue weighted by Crippen LogP contribution is -2.41. The van der Waals surface area contributed by atoms with Crippen LogP contribution in [-0.2, 0) is 19.4 Å². The number of hydrogen-bond donors (Lipinski definition) is 1. The molecule has 0 bridgehead atoms. The standard InChI is InChI=1S/C21H19N3O4S2/c1-21(2,20(25)28-3)30(26,27)14-5-6-16-15(11-14)17(8-9-22-16)24-13-4-7-19-18(10-13)23-12-29-19/h4-12H,1-3H3,(H,22,24). The Morgan fingerprint density at radius 3 is 2.63 bits per heavy atom. The van der Waals surface area contributed by atoms with Gasteiger partial charge in [0.25, 0.3) is 0 Å². The van der Waals surface area contributed by atoms with E-state index in [2.05, 4.69) is 15.3 Å². The van der Waals surface area contributed by atoms with Crippen LogP contribution in [0.1, 0.15) is 13.8 Å². The summed E-state index contributed by atoms with van der Waals surface area (Å²) in [6.45, 7) is 2.67. The number of anilines is 2. The van der Waals surface area contributed by atoms with Crippen molar-refractivity contribution in [2.75, 3.05) is 12.4 Å². The Hall–Kier alpha value is -3.04. The summed E-state index contributed by atoms with van der Waals surface area (Å²) < 4.78 is 30.3. The molecule has 2 aromatic carbocycles. The van der Waals surface area contributed by atoms with Gasteiger partial charge in [-0.3, -0.25) is 9.78 Å². The van der Waals surface area contributed by atoms with Crippen molar-refractivity contribution in [1.82, 2.24) is 9.97 Å². The molecule has 2 heterocycles. The number of sulfone groups is 1. The zero-order valence-electron chi connectivity index (χ0n) is 16.5. The number of esters is 1. The smallest absolute Gasteiger partial charge is 0.327 e. The third-order valence-corrected chi connectivity index (χ3v) is 8.18. The zero-order chi connectivity index (χ0) is 21.5. The molecule has 0 aliphatic carbocycles. The second kappa shape index (κ2) is 7.33. The van der Waals surface area contributed by atoms with Crippen molar-refractivity contribution in [2.24, 2.45) is 0 Å². The molecule has 0 fully saturated rings. The van der Waals surface area contributed by atoms with Crippen LogP contribution in [0.2, 0.25) is 0 Å². The first-order valence-corrected chi connectivity index (χ1v) is 11.4. The average molecular weight is 442 g/mol. The molecule has 4 aromatic rings. The second-order valence-electron chi connectivity index (χ2n) is 7.20. The highest BCUT2D eigenvalue weighted by Gasteiger charge is 2.44. The van der Waals surface area contributed by atoms with Gasteiger partial charge in [0.2, 0.25) is 0 Å². The number of nitrogens with one attached hydrogen (secondary N) is 1. The van der Waals surface area contributed by atoms with Crippen LogP contribution in [0, 0.1) is 0 Å². The van der Waals surface area contributed by atoms with Crippen molar-refractivity contribution >= 4 is 59.6 Å².